The third-order valence-electron chi connectivity index (χ3n) is 3.60. The number of imidazole rings is 1. The Balaban J connectivity index is 1.57. The smallest absolute Gasteiger partial charge is 0.323 e. The summed E-state index contributed by atoms with van der Waals surface area (Å²) in [6.07, 6.45) is 0. The fourth-order valence-corrected chi connectivity index (χ4v) is 2.43. The summed E-state index contributed by atoms with van der Waals surface area (Å²) < 4.78 is 5.28. The molecular weight excluding hydrogens is 272 g/mol. The zero-order valence-electron chi connectivity index (χ0n) is 11.6. The number of hydrogen-bond acceptors (Lipinski definition) is 4. The molecule has 0 atom stereocenters. The highest BCUT2D eigenvalue weighted by Crippen LogP contribution is 2.09. The van der Waals surface area contributed by atoms with Gasteiger partial charge in [-0.25, -0.2) is 4.79 Å². The van der Waals surface area contributed by atoms with E-state index in [9.17, 15) is 9.59 Å². The Morgan fingerprint density at radius 1 is 1.24 bits per heavy atom. The lowest BCUT2D eigenvalue weighted by molar-refractivity contribution is 0.0383. The normalized spacial score (nSPS) is 16.2. The monoisotopic (exact) mass is 290 g/mol. The van der Waals surface area contributed by atoms with Crippen molar-refractivity contribution >= 4 is 16.9 Å². The van der Waals surface area contributed by atoms with Crippen LogP contribution in [0.25, 0.3) is 11.0 Å². The third-order valence-corrected chi connectivity index (χ3v) is 3.60. The summed E-state index contributed by atoms with van der Waals surface area (Å²) in [5.41, 5.74) is 1.61. The first-order valence-electron chi connectivity index (χ1n) is 7.03. The summed E-state index contributed by atoms with van der Waals surface area (Å²) in [5, 5.41) is 2.89. The van der Waals surface area contributed by atoms with Gasteiger partial charge in [-0.3, -0.25) is 9.69 Å². The van der Waals surface area contributed by atoms with Crippen molar-refractivity contribution < 1.29 is 9.53 Å². The summed E-state index contributed by atoms with van der Waals surface area (Å²) in [7, 11) is 0. The fourth-order valence-electron chi connectivity index (χ4n) is 2.43. The van der Waals surface area contributed by atoms with Gasteiger partial charge in [0, 0.05) is 31.7 Å². The molecule has 0 spiro atoms. The van der Waals surface area contributed by atoms with Crippen LogP contribution >= 0.6 is 0 Å². The first-order valence-corrected chi connectivity index (χ1v) is 7.03. The number of aromatic amines is 2. The fraction of sp³-hybridized carbons (Fsp3) is 0.429. The Bertz CT molecular complexity index is 685. The second-order valence-corrected chi connectivity index (χ2v) is 5.05. The molecule has 2 heterocycles. The standard InChI is InChI=1S/C14H18N4O3/c19-13(15-3-4-18-5-7-21-8-6-18)10-1-2-11-12(9-10)17-14(20)16-11/h1-2,9H,3-8H2,(H,15,19)(H2,16,17,20). The van der Waals surface area contributed by atoms with E-state index >= 15 is 0 Å². The van der Waals surface area contributed by atoms with Crippen LogP contribution < -0.4 is 11.0 Å². The van der Waals surface area contributed by atoms with Gasteiger partial charge in [-0.05, 0) is 18.2 Å². The number of aromatic nitrogens is 2. The number of benzene rings is 1. The summed E-state index contributed by atoms with van der Waals surface area (Å²) in [6.45, 7) is 4.74. The van der Waals surface area contributed by atoms with Gasteiger partial charge in [0.2, 0.25) is 0 Å². The topological polar surface area (TPSA) is 90.2 Å². The van der Waals surface area contributed by atoms with Gasteiger partial charge in [0.25, 0.3) is 5.91 Å². The Morgan fingerprint density at radius 2 is 2.00 bits per heavy atom. The first-order chi connectivity index (χ1) is 10.2. The molecule has 2 aromatic rings. The van der Waals surface area contributed by atoms with Crippen LogP contribution in [-0.4, -0.2) is 60.2 Å². The Labute approximate surface area is 121 Å². The minimum absolute atomic E-state index is 0.132. The highest BCUT2D eigenvalue weighted by Gasteiger charge is 2.11. The van der Waals surface area contributed by atoms with Gasteiger partial charge >= 0.3 is 5.69 Å². The van der Waals surface area contributed by atoms with Crippen molar-refractivity contribution in [3.63, 3.8) is 0 Å². The largest absolute Gasteiger partial charge is 0.379 e. The molecule has 0 saturated carbocycles. The molecule has 3 N–H and O–H groups in total. The number of fused-ring (bicyclic) bond motifs is 1. The molecule has 1 fully saturated rings. The molecule has 1 saturated heterocycles. The van der Waals surface area contributed by atoms with Crippen molar-refractivity contribution in [2.75, 3.05) is 39.4 Å². The average molecular weight is 290 g/mol. The Hall–Kier alpha value is -2.12. The van der Waals surface area contributed by atoms with E-state index in [0.29, 0.717) is 23.1 Å². The molecule has 1 aliphatic heterocycles. The van der Waals surface area contributed by atoms with Crippen molar-refractivity contribution in [3.8, 4) is 0 Å². The number of nitrogens with one attached hydrogen (secondary N) is 3. The minimum Gasteiger partial charge on any atom is -0.379 e. The third kappa shape index (κ3) is 3.32. The summed E-state index contributed by atoms with van der Waals surface area (Å²) >= 11 is 0. The molecule has 7 nitrogen and oxygen atoms in total. The summed E-state index contributed by atoms with van der Waals surface area (Å²) in [6, 6.07) is 5.11. The van der Waals surface area contributed by atoms with E-state index in [2.05, 4.69) is 20.2 Å². The number of amides is 1. The van der Waals surface area contributed by atoms with E-state index in [1.807, 2.05) is 0 Å². The van der Waals surface area contributed by atoms with E-state index < -0.39 is 0 Å². The number of nitrogens with zero attached hydrogens (tertiary/aromatic N) is 1. The summed E-state index contributed by atoms with van der Waals surface area (Å²) in [5.74, 6) is -0.132. The van der Waals surface area contributed by atoms with Crippen LogP contribution in [0.5, 0.6) is 0 Å². The van der Waals surface area contributed by atoms with E-state index in [1.165, 1.54) is 0 Å². The van der Waals surface area contributed by atoms with Crippen LogP contribution in [0.4, 0.5) is 0 Å². The van der Waals surface area contributed by atoms with Gasteiger partial charge in [-0.2, -0.15) is 0 Å². The predicted octanol–water partition coefficient (Wildman–Crippen LogP) is -0.0818. The molecule has 1 aromatic heterocycles. The molecule has 7 heteroatoms. The van der Waals surface area contributed by atoms with Gasteiger partial charge in [0.15, 0.2) is 0 Å². The second-order valence-electron chi connectivity index (χ2n) is 5.05. The number of ether oxygens (including phenoxy) is 1. The highest BCUT2D eigenvalue weighted by atomic mass is 16.5. The Kier molecular flexibility index (Phi) is 4.03. The molecule has 0 aliphatic carbocycles. The van der Waals surface area contributed by atoms with Gasteiger partial charge in [0.1, 0.15) is 0 Å². The Morgan fingerprint density at radius 3 is 2.81 bits per heavy atom. The quantitative estimate of drug-likeness (QED) is 0.734. The highest BCUT2D eigenvalue weighted by molar-refractivity contribution is 5.97. The van der Waals surface area contributed by atoms with Crippen LogP contribution in [0.3, 0.4) is 0 Å². The van der Waals surface area contributed by atoms with Crippen molar-refractivity contribution in [1.82, 2.24) is 20.2 Å². The number of hydrogen-bond donors (Lipinski definition) is 3. The van der Waals surface area contributed by atoms with E-state index in [-0.39, 0.29) is 11.6 Å². The SMILES string of the molecule is O=C(NCCN1CCOCC1)c1ccc2[nH]c(=O)[nH]c2c1. The summed E-state index contributed by atoms with van der Waals surface area (Å²) in [4.78, 5) is 30.8. The molecule has 0 unspecified atom stereocenters. The van der Waals surface area contributed by atoms with Gasteiger partial charge < -0.3 is 20.0 Å². The van der Waals surface area contributed by atoms with E-state index in [4.69, 9.17) is 4.74 Å². The van der Waals surface area contributed by atoms with Crippen LogP contribution in [0.1, 0.15) is 10.4 Å². The molecule has 3 rings (SSSR count). The number of rotatable bonds is 4. The van der Waals surface area contributed by atoms with Crippen molar-refractivity contribution in [2.45, 2.75) is 0 Å². The number of carbonyl (C=O) groups is 1. The van der Waals surface area contributed by atoms with E-state index in [0.717, 1.165) is 32.8 Å². The molecule has 112 valence electrons. The molecule has 1 amide bonds. The molecular formula is C14H18N4O3. The average Bonchev–Trinajstić information content (AvgIpc) is 2.87. The molecule has 0 bridgehead atoms. The molecule has 1 aromatic carbocycles. The van der Waals surface area contributed by atoms with Crippen LogP contribution in [0.2, 0.25) is 0 Å². The van der Waals surface area contributed by atoms with Crippen LogP contribution in [0.15, 0.2) is 23.0 Å². The van der Waals surface area contributed by atoms with Crippen LogP contribution in [0, 0.1) is 0 Å². The number of H-pyrrole nitrogens is 2. The molecule has 0 radical (unpaired) electrons. The molecule has 1 aliphatic rings. The van der Waals surface area contributed by atoms with Crippen molar-refractivity contribution in [2.24, 2.45) is 0 Å². The maximum absolute atomic E-state index is 12.1. The maximum atomic E-state index is 12.1. The number of carbonyl (C=O) groups excluding carboxylic acids is 1. The minimum atomic E-state index is -0.269. The van der Waals surface area contributed by atoms with Gasteiger partial charge in [0.05, 0.1) is 24.2 Å². The zero-order chi connectivity index (χ0) is 14.7. The second kappa shape index (κ2) is 6.11. The maximum Gasteiger partial charge on any atom is 0.323 e. The lowest BCUT2D eigenvalue weighted by atomic mass is 10.2. The zero-order valence-corrected chi connectivity index (χ0v) is 11.6. The molecule has 21 heavy (non-hydrogen) atoms. The lowest BCUT2D eigenvalue weighted by Gasteiger charge is -2.26. The van der Waals surface area contributed by atoms with Crippen LogP contribution in [-0.2, 0) is 4.74 Å². The number of morpholine rings is 1. The lowest BCUT2D eigenvalue weighted by Crippen LogP contribution is -2.41. The van der Waals surface area contributed by atoms with E-state index in [1.54, 1.807) is 18.2 Å². The van der Waals surface area contributed by atoms with Gasteiger partial charge in [-0.15, -0.1) is 0 Å². The first kappa shape index (κ1) is 13.8. The van der Waals surface area contributed by atoms with Crippen molar-refractivity contribution in [1.29, 1.82) is 0 Å². The van der Waals surface area contributed by atoms with Gasteiger partial charge in [-0.1, -0.05) is 0 Å². The van der Waals surface area contributed by atoms with Crippen molar-refractivity contribution in [3.05, 3.63) is 34.2 Å². The predicted molar refractivity (Wildman–Crippen MR) is 78.5 cm³/mol.